The number of nitrogens with zero attached hydrogens (tertiary/aromatic N) is 2. The summed E-state index contributed by atoms with van der Waals surface area (Å²) in [5.74, 6) is 0. The highest BCUT2D eigenvalue weighted by Crippen LogP contribution is 2.18. The number of likely N-dealkylation sites (N-methyl/N-ethyl adjacent to an activating group) is 1. The van der Waals surface area contributed by atoms with Crippen LogP contribution in [-0.4, -0.2) is 34.9 Å². The molecule has 0 spiro atoms. The summed E-state index contributed by atoms with van der Waals surface area (Å²) in [5, 5.41) is 18.6. The van der Waals surface area contributed by atoms with Crippen molar-refractivity contribution in [2.24, 2.45) is 0 Å². The van der Waals surface area contributed by atoms with Gasteiger partial charge in [-0.3, -0.25) is 4.98 Å². The van der Waals surface area contributed by atoms with Crippen molar-refractivity contribution >= 4 is 5.69 Å². The van der Waals surface area contributed by atoms with Gasteiger partial charge in [0.2, 0.25) is 0 Å². The maximum atomic E-state index is 9.60. The maximum absolute atomic E-state index is 9.60. The third-order valence-corrected chi connectivity index (χ3v) is 2.83. The molecule has 2 atom stereocenters. The summed E-state index contributed by atoms with van der Waals surface area (Å²) in [4.78, 5) is 6.17. The maximum Gasteiger partial charge on any atom is 0.0957 e. The first-order chi connectivity index (χ1) is 7.60. The molecule has 4 heteroatoms. The second kappa shape index (κ2) is 5.82. The predicted octanol–water partition coefficient (Wildman–Crippen LogP) is 1.34. The first kappa shape index (κ1) is 12.9. The number of pyridine rings is 1. The smallest absolute Gasteiger partial charge is 0.0957 e. The lowest BCUT2D eigenvalue weighted by Gasteiger charge is -2.25. The topological polar surface area (TPSA) is 56.6 Å². The number of aliphatic hydroxyl groups excluding tert-OH is 2. The summed E-state index contributed by atoms with van der Waals surface area (Å²) in [6.45, 7) is 3.96. The molecule has 0 aliphatic carbocycles. The zero-order valence-corrected chi connectivity index (χ0v) is 10.1. The highest BCUT2D eigenvalue weighted by Gasteiger charge is 2.10. The van der Waals surface area contributed by atoms with Gasteiger partial charge in [-0.2, -0.15) is 0 Å². The van der Waals surface area contributed by atoms with Crippen molar-refractivity contribution in [2.45, 2.75) is 32.4 Å². The van der Waals surface area contributed by atoms with Gasteiger partial charge in [-0.1, -0.05) is 6.92 Å². The summed E-state index contributed by atoms with van der Waals surface area (Å²) in [5.41, 5.74) is 1.63. The lowest BCUT2D eigenvalue weighted by Crippen LogP contribution is -2.31. The summed E-state index contributed by atoms with van der Waals surface area (Å²) in [6, 6.07) is 3.79. The van der Waals surface area contributed by atoms with Gasteiger partial charge >= 0.3 is 0 Å². The molecule has 0 aromatic carbocycles. The molecule has 1 aromatic rings. The highest BCUT2D eigenvalue weighted by molar-refractivity contribution is 5.44. The summed E-state index contributed by atoms with van der Waals surface area (Å²) >= 11 is 0. The lowest BCUT2D eigenvalue weighted by atomic mass is 10.2. The SMILES string of the molecule is CC[C@@H](O)c1ccc(N(C)C(C)CO)cn1. The van der Waals surface area contributed by atoms with E-state index in [2.05, 4.69) is 4.98 Å². The highest BCUT2D eigenvalue weighted by atomic mass is 16.3. The van der Waals surface area contributed by atoms with E-state index in [0.29, 0.717) is 12.1 Å². The number of anilines is 1. The van der Waals surface area contributed by atoms with E-state index in [-0.39, 0.29) is 12.6 Å². The fraction of sp³-hybridized carbons (Fsp3) is 0.583. The van der Waals surface area contributed by atoms with E-state index >= 15 is 0 Å². The molecule has 1 aromatic heterocycles. The Morgan fingerprint density at radius 3 is 2.56 bits per heavy atom. The van der Waals surface area contributed by atoms with Crippen molar-refractivity contribution in [3.63, 3.8) is 0 Å². The van der Waals surface area contributed by atoms with E-state index in [1.165, 1.54) is 0 Å². The van der Waals surface area contributed by atoms with Crippen LogP contribution < -0.4 is 4.90 Å². The number of hydrogen-bond donors (Lipinski definition) is 2. The molecule has 0 bridgehead atoms. The third-order valence-electron chi connectivity index (χ3n) is 2.83. The molecular formula is C12H20N2O2. The fourth-order valence-electron chi connectivity index (χ4n) is 1.39. The molecule has 16 heavy (non-hydrogen) atoms. The molecular weight excluding hydrogens is 204 g/mol. The van der Waals surface area contributed by atoms with Crippen LogP contribution in [0.5, 0.6) is 0 Å². The molecule has 2 N–H and O–H groups in total. The first-order valence-corrected chi connectivity index (χ1v) is 5.57. The Hall–Kier alpha value is -1.13. The van der Waals surface area contributed by atoms with E-state index in [1.54, 1.807) is 6.20 Å². The van der Waals surface area contributed by atoms with Crippen molar-refractivity contribution in [3.8, 4) is 0 Å². The van der Waals surface area contributed by atoms with Gasteiger partial charge in [0.25, 0.3) is 0 Å². The van der Waals surface area contributed by atoms with Crippen LogP contribution in [0.3, 0.4) is 0 Å². The van der Waals surface area contributed by atoms with Crippen LogP contribution in [0.15, 0.2) is 18.3 Å². The Labute approximate surface area is 96.6 Å². The zero-order chi connectivity index (χ0) is 12.1. The molecule has 0 saturated carbocycles. The number of aliphatic hydroxyl groups is 2. The molecule has 4 nitrogen and oxygen atoms in total. The van der Waals surface area contributed by atoms with Gasteiger partial charge in [0.1, 0.15) is 0 Å². The second-order valence-electron chi connectivity index (χ2n) is 4.01. The van der Waals surface area contributed by atoms with Gasteiger partial charge in [0.05, 0.1) is 30.3 Å². The van der Waals surface area contributed by atoms with Crippen LogP contribution in [-0.2, 0) is 0 Å². The van der Waals surface area contributed by atoms with Gasteiger partial charge in [0.15, 0.2) is 0 Å². The van der Waals surface area contributed by atoms with E-state index < -0.39 is 6.10 Å². The normalized spacial score (nSPS) is 14.6. The summed E-state index contributed by atoms with van der Waals surface area (Å²) < 4.78 is 0. The van der Waals surface area contributed by atoms with Crippen LogP contribution in [0.2, 0.25) is 0 Å². The Morgan fingerprint density at radius 1 is 1.44 bits per heavy atom. The van der Waals surface area contributed by atoms with Gasteiger partial charge in [-0.25, -0.2) is 0 Å². The van der Waals surface area contributed by atoms with Gasteiger partial charge < -0.3 is 15.1 Å². The quantitative estimate of drug-likeness (QED) is 0.792. The zero-order valence-electron chi connectivity index (χ0n) is 10.1. The van der Waals surface area contributed by atoms with Crippen molar-refractivity contribution < 1.29 is 10.2 Å². The van der Waals surface area contributed by atoms with E-state index in [9.17, 15) is 5.11 Å². The molecule has 0 fully saturated rings. The van der Waals surface area contributed by atoms with Crippen molar-refractivity contribution in [3.05, 3.63) is 24.0 Å². The minimum atomic E-state index is -0.491. The molecule has 0 aliphatic heterocycles. The molecule has 1 heterocycles. The van der Waals surface area contributed by atoms with Crippen molar-refractivity contribution in [1.82, 2.24) is 4.98 Å². The molecule has 0 radical (unpaired) electrons. The van der Waals surface area contributed by atoms with Crippen LogP contribution in [0.25, 0.3) is 0 Å². The summed E-state index contributed by atoms with van der Waals surface area (Å²) in [7, 11) is 1.91. The average molecular weight is 224 g/mol. The number of aromatic nitrogens is 1. The fourth-order valence-corrected chi connectivity index (χ4v) is 1.39. The van der Waals surface area contributed by atoms with Crippen LogP contribution in [0.4, 0.5) is 5.69 Å². The standard InChI is InChI=1S/C12H20N2O2/c1-4-12(16)11-6-5-10(7-13-11)14(3)9(2)8-15/h5-7,9,12,15-16H,4,8H2,1-3H3/t9?,12-/m1/s1. The predicted molar refractivity (Wildman–Crippen MR) is 64.4 cm³/mol. The van der Waals surface area contributed by atoms with Crippen LogP contribution >= 0.6 is 0 Å². The summed E-state index contributed by atoms with van der Waals surface area (Å²) in [6.07, 6.45) is 1.89. The monoisotopic (exact) mass is 224 g/mol. The Morgan fingerprint density at radius 2 is 2.12 bits per heavy atom. The minimum absolute atomic E-state index is 0.0590. The van der Waals surface area contributed by atoms with Crippen LogP contribution in [0.1, 0.15) is 32.1 Å². The molecule has 90 valence electrons. The Balaban J connectivity index is 2.78. The average Bonchev–Trinajstić information content (AvgIpc) is 2.36. The molecule has 0 saturated heterocycles. The van der Waals surface area contributed by atoms with Gasteiger partial charge in [-0.05, 0) is 25.5 Å². The van der Waals surface area contributed by atoms with Crippen LogP contribution in [0, 0.1) is 0 Å². The second-order valence-corrected chi connectivity index (χ2v) is 4.01. The minimum Gasteiger partial charge on any atom is -0.394 e. The molecule has 0 aliphatic rings. The number of rotatable bonds is 5. The third kappa shape index (κ3) is 2.93. The van der Waals surface area contributed by atoms with Gasteiger partial charge in [-0.15, -0.1) is 0 Å². The van der Waals surface area contributed by atoms with E-state index in [4.69, 9.17) is 5.11 Å². The molecule has 1 unspecified atom stereocenters. The van der Waals surface area contributed by atoms with Gasteiger partial charge in [0, 0.05) is 13.1 Å². The van der Waals surface area contributed by atoms with E-state index in [0.717, 1.165) is 5.69 Å². The van der Waals surface area contributed by atoms with Crippen molar-refractivity contribution in [2.75, 3.05) is 18.6 Å². The molecule has 0 amide bonds. The van der Waals surface area contributed by atoms with E-state index in [1.807, 2.05) is 37.9 Å². The Bertz CT molecular complexity index is 313. The largest absolute Gasteiger partial charge is 0.394 e. The lowest BCUT2D eigenvalue weighted by molar-refractivity contribution is 0.169. The first-order valence-electron chi connectivity index (χ1n) is 5.57. The van der Waals surface area contributed by atoms with Crippen molar-refractivity contribution in [1.29, 1.82) is 0 Å². The Kier molecular flexibility index (Phi) is 4.71. The number of hydrogen-bond acceptors (Lipinski definition) is 4. The molecule has 1 rings (SSSR count).